The molecule has 0 amide bonds. The second-order valence-electron chi connectivity index (χ2n) is 5.07. The molecule has 4 nitrogen and oxygen atoms in total. The molecule has 1 saturated carbocycles. The van der Waals surface area contributed by atoms with E-state index < -0.39 is 0 Å². The Morgan fingerprint density at radius 1 is 1.37 bits per heavy atom. The highest BCUT2D eigenvalue weighted by Crippen LogP contribution is 2.32. The van der Waals surface area contributed by atoms with Crippen LogP contribution < -0.4 is 10.6 Å². The number of nitrogen functional groups attached to an aromatic ring is 1. The summed E-state index contributed by atoms with van der Waals surface area (Å²) in [6.45, 7) is 3.93. The highest BCUT2D eigenvalue weighted by molar-refractivity contribution is 5.49. The minimum Gasteiger partial charge on any atom is -0.398 e. The van der Waals surface area contributed by atoms with Gasteiger partial charge in [-0.1, -0.05) is 18.2 Å². The van der Waals surface area contributed by atoms with Crippen molar-refractivity contribution in [3.05, 3.63) is 42.2 Å². The van der Waals surface area contributed by atoms with Crippen LogP contribution in [-0.4, -0.2) is 15.6 Å². The van der Waals surface area contributed by atoms with Crippen molar-refractivity contribution >= 4 is 11.6 Å². The summed E-state index contributed by atoms with van der Waals surface area (Å²) in [5.74, 6) is 1.06. The zero-order valence-electron chi connectivity index (χ0n) is 11.3. The van der Waals surface area contributed by atoms with Gasteiger partial charge in [-0.05, 0) is 31.4 Å². The first kappa shape index (κ1) is 12.1. The first-order valence-electron chi connectivity index (χ1n) is 6.90. The lowest BCUT2D eigenvalue weighted by Crippen LogP contribution is -2.28. The molecule has 1 aliphatic rings. The van der Waals surface area contributed by atoms with Gasteiger partial charge in [0, 0.05) is 37.2 Å². The van der Waals surface area contributed by atoms with Crippen LogP contribution in [0.5, 0.6) is 0 Å². The van der Waals surface area contributed by atoms with Crippen molar-refractivity contribution in [1.82, 2.24) is 9.55 Å². The van der Waals surface area contributed by atoms with Gasteiger partial charge in [0.05, 0.1) is 0 Å². The quantitative estimate of drug-likeness (QED) is 0.837. The standard InChI is InChI=1S/C15H20N4/c1-2-18-10-9-17-15(18)19(13-7-8-13)11-12-5-3-4-6-14(12)16/h3-6,9-10,13H,2,7-8,11,16H2,1H3. The van der Waals surface area contributed by atoms with Gasteiger partial charge in [-0.15, -0.1) is 0 Å². The van der Waals surface area contributed by atoms with Gasteiger partial charge in [0.25, 0.3) is 0 Å². The van der Waals surface area contributed by atoms with Gasteiger partial charge in [-0.2, -0.15) is 0 Å². The zero-order chi connectivity index (χ0) is 13.2. The fraction of sp³-hybridized carbons (Fsp3) is 0.400. The van der Waals surface area contributed by atoms with Crippen LogP contribution in [0.1, 0.15) is 25.3 Å². The lowest BCUT2D eigenvalue weighted by molar-refractivity contribution is 0.685. The molecule has 4 heteroatoms. The summed E-state index contributed by atoms with van der Waals surface area (Å²) in [6, 6.07) is 8.71. The molecule has 100 valence electrons. The Bertz CT molecular complexity index is 557. The molecule has 1 aromatic heterocycles. The summed E-state index contributed by atoms with van der Waals surface area (Å²) in [5, 5.41) is 0. The molecular formula is C15H20N4. The number of hydrogen-bond donors (Lipinski definition) is 1. The van der Waals surface area contributed by atoms with E-state index in [1.807, 2.05) is 30.6 Å². The van der Waals surface area contributed by atoms with Crippen LogP contribution in [0.2, 0.25) is 0 Å². The molecule has 0 unspecified atom stereocenters. The summed E-state index contributed by atoms with van der Waals surface area (Å²) in [6.07, 6.45) is 6.42. The van der Waals surface area contributed by atoms with Crippen molar-refractivity contribution < 1.29 is 0 Å². The SMILES string of the molecule is CCn1ccnc1N(Cc1ccccc1N)C1CC1. The minimum atomic E-state index is 0.618. The topological polar surface area (TPSA) is 47.1 Å². The number of benzene rings is 1. The van der Waals surface area contributed by atoms with Gasteiger partial charge >= 0.3 is 0 Å². The van der Waals surface area contributed by atoms with Gasteiger partial charge < -0.3 is 15.2 Å². The van der Waals surface area contributed by atoms with Gasteiger partial charge in [0.1, 0.15) is 0 Å². The number of rotatable bonds is 5. The van der Waals surface area contributed by atoms with Crippen molar-refractivity contribution in [3.8, 4) is 0 Å². The molecule has 0 radical (unpaired) electrons. The van der Waals surface area contributed by atoms with Gasteiger partial charge in [0.2, 0.25) is 5.95 Å². The summed E-state index contributed by atoms with van der Waals surface area (Å²) in [5.41, 5.74) is 8.10. The van der Waals surface area contributed by atoms with Crippen LogP contribution >= 0.6 is 0 Å². The highest BCUT2D eigenvalue weighted by Gasteiger charge is 2.31. The van der Waals surface area contributed by atoms with E-state index in [-0.39, 0.29) is 0 Å². The van der Waals surface area contributed by atoms with Crippen molar-refractivity contribution in [2.45, 2.75) is 38.9 Å². The number of hydrogen-bond acceptors (Lipinski definition) is 3. The number of nitrogens with two attached hydrogens (primary N) is 1. The highest BCUT2D eigenvalue weighted by atomic mass is 15.3. The fourth-order valence-electron chi connectivity index (χ4n) is 2.42. The Hall–Kier alpha value is -1.97. The molecule has 1 fully saturated rings. The van der Waals surface area contributed by atoms with Gasteiger partial charge in [-0.25, -0.2) is 4.98 Å². The molecule has 0 bridgehead atoms. The van der Waals surface area contributed by atoms with E-state index in [1.54, 1.807) is 0 Å². The molecule has 2 aromatic rings. The maximum absolute atomic E-state index is 6.06. The normalized spacial score (nSPS) is 14.6. The number of imidazole rings is 1. The lowest BCUT2D eigenvalue weighted by Gasteiger charge is -2.24. The summed E-state index contributed by atoms with van der Waals surface area (Å²) in [7, 11) is 0. The van der Waals surface area contributed by atoms with E-state index >= 15 is 0 Å². The van der Waals surface area contributed by atoms with Crippen molar-refractivity contribution in [2.75, 3.05) is 10.6 Å². The van der Waals surface area contributed by atoms with E-state index in [0.29, 0.717) is 6.04 Å². The number of aromatic nitrogens is 2. The average Bonchev–Trinajstić information content (AvgIpc) is 3.15. The third-order valence-electron chi connectivity index (χ3n) is 3.67. The molecule has 0 aliphatic heterocycles. The van der Waals surface area contributed by atoms with Crippen LogP contribution in [0.3, 0.4) is 0 Å². The number of aryl methyl sites for hydroxylation is 1. The van der Waals surface area contributed by atoms with E-state index in [9.17, 15) is 0 Å². The Morgan fingerprint density at radius 3 is 2.84 bits per heavy atom. The maximum atomic E-state index is 6.06. The van der Waals surface area contributed by atoms with Crippen LogP contribution in [0.25, 0.3) is 0 Å². The van der Waals surface area contributed by atoms with Gasteiger partial charge in [-0.3, -0.25) is 0 Å². The molecule has 1 aromatic carbocycles. The Kier molecular flexibility index (Phi) is 3.15. The van der Waals surface area contributed by atoms with Gasteiger partial charge in [0.15, 0.2) is 0 Å². The number of anilines is 2. The van der Waals surface area contributed by atoms with Crippen LogP contribution in [-0.2, 0) is 13.1 Å². The maximum Gasteiger partial charge on any atom is 0.205 e. The molecule has 19 heavy (non-hydrogen) atoms. The monoisotopic (exact) mass is 256 g/mol. The van der Waals surface area contributed by atoms with Crippen molar-refractivity contribution in [3.63, 3.8) is 0 Å². The molecule has 0 atom stereocenters. The largest absolute Gasteiger partial charge is 0.398 e. The van der Waals surface area contributed by atoms with Crippen LogP contribution in [0.4, 0.5) is 11.6 Å². The first-order chi connectivity index (χ1) is 9.29. The zero-order valence-corrected chi connectivity index (χ0v) is 11.3. The number of nitrogens with zero attached hydrogens (tertiary/aromatic N) is 3. The predicted molar refractivity (Wildman–Crippen MR) is 78.0 cm³/mol. The molecule has 0 spiro atoms. The number of para-hydroxylation sites is 1. The Morgan fingerprint density at radius 2 is 2.16 bits per heavy atom. The molecular weight excluding hydrogens is 236 g/mol. The molecule has 1 aliphatic carbocycles. The second-order valence-corrected chi connectivity index (χ2v) is 5.07. The Balaban J connectivity index is 1.88. The molecule has 2 N–H and O–H groups in total. The van der Waals surface area contributed by atoms with E-state index in [0.717, 1.165) is 24.7 Å². The Labute approximate surface area is 113 Å². The summed E-state index contributed by atoms with van der Waals surface area (Å²) >= 11 is 0. The van der Waals surface area contributed by atoms with Crippen molar-refractivity contribution in [2.24, 2.45) is 0 Å². The summed E-state index contributed by atoms with van der Waals surface area (Å²) < 4.78 is 2.19. The van der Waals surface area contributed by atoms with E-state index in [4.69, 9.17) is 5.73 Å². The average molecular weight is 256 g/mol. The minimum absolute atomic E-state index is 0.618. The second kappa shape index (κ2) is 4.96. The van der Waals surface area contributed by atoms with E-state index in [2.05, 4.69) is 27.4 Å². The fourth-order valence-corrected chi connectivity index (χ4v) is 2.42. The first-order valence-corrected chi connectivity index (χ1v) is 6.90. The van der Waals surface area contributed by atoms with Crippen molar-refractivity contribution in [1.29, 1.82) is 0 Å². The third kappa shape index (κ3) is 2.43. The predicted octanol–water partition coefficient (Wildman–Crippen LogP) is 2.65. The molecule has 3 rings (SSSR count). The van der Waals surface area contributed by atoms with Crippen LogP contribution in [0.15, 0.2) is 36.7 Å². The van der Waals surface area contributed by atoms with E-state index in [1.165, 1.54) is 18.4 Å². The smallest absolute Gasteiger partial charge is 0.205 e. The third-order valence-corrected chi connectivity index (χ3v) is 3.67. The van der Waals surface area contributed by atoms with Crippen LogP contribution in [0, 0.1) is 0 Å². The summed E-state index contributed by atoms with van der Waals surface area (Å²) in [4.78, 5) is 6.91. The molecule has 0 saturated heterocycles. The molecule has 1 heterocycles. The lowest BCUT2D eigenvalue weighted by atomic mass is 10.1.